The van der Waals surface area contributed by atoms with E-state index in [9.17, 15) is 9.59 Å². The Kier molecular flexibility index (Phi) is 2.41. The van der Waals surface area contributed by atoms with Crippen LogP contribution >= 0.6 is 0 Å². The van der Waals surface area contributed by atoms with Crippen molar-refractivity contribution < 1.29 is 0 Å². The van der Waals surface area contributed by atoms with Crippen molar-refractivity contribution in [2.75, 3.05) is 0 Å². The van der Waals surface area contributed by atoms with E-state index in [4.69, 9.17) is 0 Å². The summed E-state index contributed by atoms with van der Waals surface area (Å²) < 4.78 is 0. The quantitative estimate of drug-likeness (QED) is 0.639. The summed E-state index contributed by atoms with van der Waals surface area (Å²) in [5.74, 6) is 0. The van der Waals surface area contributed by atoms with Gasteiger partial charge in [0.1, 0.15) is 0 Å². The van der Waals surface area contributed by atoms with Crippen LogP contribution in [0.3, 0.4) is 0 Å². The van der Waals surface area contributed by atoms with Crippen LogP contribution in [-0.4, -0.2) is 0 Å². The molecule has 0 heterocycles. The molecule has 0 amide bonds. The zero-order chi connectivity index (χ0) is 12.5. The molecule has 3 aromatic rings. The third-order valence-electron chi connectivity index (χ3n) is 3.04. The normalized spacial score (nSPS) is 10.7. The van der Waals surface area contributed by atoms with Gasteiger partial charge in [-0.15, -0.1) is 0 Å². The van der Waals surface area contributed by atoms with E-state index in [0.29, 0.717) is 11.1 Å². The molecule has 2 heteroatoms. The highest BCUT2D eigenvalue weighted by Crippen LogP contribution is 2.27. The molecule has 3 rings (SSSR count). The molecular formula is C16H10O2. The summed E-state index contributed by atoms with van der Waals surface area (Å²) >= 11 is 0. The zero-order valence-corrected chi connectivity index (χ0v) is 9.59. The molecule has 3 aromatic carbocycles. The fraction of sp³-hybridized carbons (Fsp3) is 0. The predicted octanol–water partition coefficient (Wildman–Crippen LogP) is 2.62. The van der Waals surface area contributed by atoms with Gasteiger partial charge in [0.15, 0.2) is 0 Å². The van der Waals surface area contributed by atoms with E-state index in [2.05, 4.69) is 0 Å². The van der Waals surface area contributed by atoms with Gasteiger partial charge in [0, 0.05) is 11.1 Å². The van der Waals surface area contributed by atoms with E-state index in [1.54, 1.807) is 0 Å². The maximum Gasteiger partial charge on any atom is 0.234 e. The van der Waals surface area contributed by atoms with Gasteiger partial charge < -0.3 is 0 Å². The van der Waals surface area contributed by atoms with Gasteiger partial charge in [-0.25, -0.2) is 0 Å². The van der Waals surface area contributed by atoms with Crippen molar-refractivity contribution in [1.29, 1.82) is 0 Å². The molecular weight excluding hydrogens is 224 g/mol. The van der Waals surface area contributed by atoms with Crippen molar-refractivity contribution in [3.8, 4) is 22.3 Å². The van der Waals surface area contributed by atoms with Crippen LogP contribution in [0.25, 0.3) is 22.3 Å². The van der Waals surface area contributed by atoms with Gasteiger partial charge in [-0.3, -0.25) is 9.59 Å². The van der Waals surface area contributed by atoms with Gasteiger partial charge in [0.05, 0.1) is 0 Å². The molecule has 0 atom stereocenters. The van der Waals surface area contributed by atoms with Gasteiger partial charge in [0.25, 0.3) is 0 Å². The van der Waals surface area contributed by atoms with Crippen molar-refractivity contribution in [2.45, 2.75) is 0 Å². The second kappa shape index (κ2) is 4.08. The average molecular weight is 234 g/mol. The molecule has 2 nitrogen and oxygen atoms in total. The lowest BCUT2D eigenvalue weighted by Crippen LogP contribution is -2.34. The number of hydrogen-bond acceptors (Lipinski definition) is 2. The molecule has 0 aliphatic heterocycles. The Balaban J connectivity index is 2.23. The van der Waals surface area contributed by atoms with Gasteiger partial charge in [-0.1, -0.05) is 60.7 Å². The van der Waals surface area contributed by atoms with Crippen molar-refractivity contribution in [2.24, 2.45) is 0 Å². The van der Waals surface area contributed by atoms with E-state index >= 15 is 0 Å². The highest BCUT2D eigenvalue weighted by Gasteiger charge is 2.22. The highest BCUT2D eigenvalue weighted by molar-refractivity contribution is 5.86. The molecule has 0 aromatic heterocycles. The minimum absolute atomic E-state index is 0.389. The lowest BCUT2D eigenvalue weighted by Gasteiger charge is -2.11. The molecule has 0 unspecified atom stereocenters. The van der Waals surface area contributed by atoms with Gasteiger partial charge >= 0.3 is 0 Å². The Hall–Kier alpha value is -2.48. The monoisotopic (exact) mass is 234 g/mol. The van der Waals surface area contributed by atoms with Gasteiger partial charge in [-0.2, -0.15) is 0 Å². The maximum atomic E-state index is 11.7. The molecule has 0 saturated carbocycles. The Morgan fingerprint density at radius 3 is 1.17 bits per heavy atom. The summed E-state index contributed by atoms with van der Waals surface area (Å²) in [6, 6.07) is 18.6. The van der Waals surface area contributed by atoms with E-state index in [1.165, 1.54) is 0 Å². The van der Waals surface area contributed by atoms with Crippen LogP contribution < -0.4 is 10.9 Å². The van der Waals surface area contributed by atoms with Crippen LogP contribution in [0.2, 0.25) is 0 Å². The molecule has 86 valence electrons. The summed E-state index contributed by atoms with van der Waals surface area (Å²) in [5, 5.41) is 0. The van der Waals surface area contributed by atoms with Crippen molar-refractivity contribution in [3.05, 3.63) is 81.1 Å². The molecule has 0 bridgehead atoms. The number of benzene rings is 2. The summed E-state index contributed by atoms with van der Waals surface area (Å²) in [7, 11) is 0. The Bertz CT molecular complexity index is 682. The molecule has 0 spiro atoms. The van der Waals surface area contributed by atoms with E-state index < -0.39 is 0 Å². The van der Waals surface area contributed by atoms with Crippen LogP contribution in [0, 0.1) is 0 Å². The average Bonchev–Trinajstić information content (AvgIpc) is 2.45. The highest BCUT2D eigenvalue weighted by atomic mass is 16.2. The SMILES string of the molecule is O=c1c(-c2ccccc2)c(-c2ccccc2)c1=O. The molecule has 0 aliphatic rings. The maximum absolute atomic E-state index is 11.7. The minimum Gasteiger partial charge on any atom is -0.285 e. The molecule has 0 fully saturated rings. The number of rotatable bonds is 2. The van der Waals surface area contributed by atoms with Crippen molar-refractivity contribution in [3.63, 3.8) is 0 Å². The Morgan fingerprint density at radius 1 is 0.500 bits per heavy atom. The summed E-state index contributed by atoms with van der Waals surface area (Å²) in [4.78, 5) is 23.5. The van der Waals surface area contributed by atoms with E-state index in [0.717, 1.165) is 11.1 Å². The minimum atomic E-state index is -0.389. The first-order valence-corrected chi connectivity index (χ1v) is 5.73. The van der Waals surface area contributed by atoms with Crippen LogP contribution in [0.4, 0.5) is 0 Å². The van der Waals surface area contributed by atoms with Gasteiger partial charge in [-0.05, 0) is 11.1 Å². The predicted molar refractivity (Wildman–Crippen MR) is 72.2 cm³/mol. The third-order valence-corrected chi connectivity index (χ3v) is 3.04. The smallest absolute Gasteiger partial charge is 0.234 e. The molecule has 0 saturated heterocycles. The summed E-state index contributed by atoms with van der Waals surface area (Å²) in [6.07, 6.45) is 0. The first kappa shape index (κ1) is 10.7. The van der Waals surface area contributed by atoms with Crippen molar-refractivity contribution in [1.82, 2.24) is 0 Å². The second-order valence-corrected chi connectivity index (χ2v) is 4.14. The standard InChI is InChI=1S/C16H10O2/c17-15-13(11-7-3-1-4-8-11)14(16(15)18)12-9-5-2-6-10-12/h1-10H. The molecule has 18 heavy (non-hydrogen) atoms. The molecule has 0 aliphatic carbocycles. The van der Waals surface area contributed by atoms with Crippen molar-refractivity contribution >= 4 is 0 Å². The third kappa shape index (κ3) is 1.51. The lowest BCUT2D eigenvalue weighted by atomic mass is 9.89. The second-order valence-electron chi connectivity index (χ2n) is 4.14. The van der Waals surface area contributed by atoms with Crippen LogP contribution in [0.1, 0.15) is 0 Å². The topological polar surface area (TPSA) is 34.1 Å². The van der Waals surface area contributed by atoms with E-state index in [1.807, 2.05) is 60.7 Å². The summed E-state index contributed by atoms with van der Waals surface area (Å²) in [5.41, 5.74) is 1.90. The van der Waals surface area contributed by atoms with E-state index in [-0.39, 0.29) is 10.9 Å². The first-order valence-electron chi connectivity index (χ1n) is 5.73. The van der Waals surface area contributed by atoms with Crippen LogP contribution in [-0.2, 0) is 0 Å². The Labute approximate surface area is 104 Å². The zero-order valence-electron chi connectivity index (χ0n) is 9.59. The fourth-order valence-corrected chi connectivity index (χ4v) is 2.15. The van der Waals surface area contributed by atoms with Gasteiger partial charge in [0.2, 0.25) is 10.9 Å². The fourth-order valence-electron chi connectivity index (χ4n) is 2.15. The first-order chi connectivity index (χ1) is 8.79. The van der Waals surface area contributed by atoms with Crippen LogP contribution in [0.15, 0.2) is 70.3 Å². The molecule has 0 N–H and O–H groups in total. The summed E-state index contributed by atoms with van der Waals surface area (Å²) in [6.45, 7) is 0. The van der Waals surface area contributed by atoms with Crippen LogP contribution in [0.5, 0.6) is 0 Å². The number of hydrogen-bond donors (Lipinski definition) is 0. The lowest BCUT2D eigenvalue weighted by molar-refractivity contribution is 1.40. The Morgan fingerprint density at radius 2 is 0.833 bits per heavy atom. The molecule has 0 radical (unpaired) electrons. The largest absolute Gasteiger partial charge is 0.285 e.